The third-order valence-electron chi connectivity index (χ3n) is 4.78. The third-order valence-corrected chi connectivity index (χ3v) is 6.48. The monoisotopic (exact) mass is 436 g/mol. The average molecular weight is 437 g/mol. The van der Waals surface area contributed by atoms with Crippen LogP contribution >= 0.6 is 0 Å². The fraction of sp³-hybridized carbons (Fsp3) is 0.619. The number of nitrogens with zero attached hydrogens (tertiary/aromatic N) is 2. The molecule has 1 aliphatic rings. The summed E-state index contributed by atoms with van der Waals surface area (Å²) in [5.41, 5.74) is 3.73. The molecule has 8 nitrogen and oxygen atoms in total. The van der Waals surface area contributed by atoms with Gasteiger partial charge < -0.3 is 19.7 Å². The molecule has 3 amide bonds. The van der Waals surface area contributed by atoms with Gasteiger partial charge in [0.2, 0.25) is 0 Å². The minimum Gasteiger partial charge on any atom is -0.356 e. The van der Waals surface area contributed by atoms with Crippen molar-refractivity contribution in [2.45, 2.75) is 44.3 Å². The van der Waals surface area contributed by atoms with E-state index in [1.165, 1.54) is 5.01 Å². The molecule has 0 spiro atoms. The summed E-state index contributed by atoms with van der Waals surface area (Å²) < 4.78 is 11.7. The van der Waals surface area contributed by atoms with E-state index in [0.29, 0.717) is 13.0 Å². The highest BCUT2D eigenvalue weighted by molar-refractivity contribution is 6.76. The molecule has 0 saturated carbocycles. The molecule has 0 bridgehead atoms. The van der Waals surface area contributed by atoms with Gasteiger partial charge in [-0.05, 0) is 32.1 Å². The fourth-order valence-electron chi connectivity index (χ4n) is 3.08. The van der Waals surface area contributed by atoms with Gasteiger partial charge in [0.05, 0.1) is 19.1 Å². The molecule has 0 aliphatic carbocycles. The molecule has 1 fully saturated rings. The number of nitrogens with one attached hydrogen (secondary N) is 2. The number of carbonyl (C=O) groups is 2. The molecule has 1 aromatic carbocycles. The number of urea groups is 1. The van der Waals surface area contributed by atoms with Gasteiger partial charge in [0, 0.05) is 14.7 Å². The molecular weight excluding hydrogens is 400 g/mol. The van der Waals surface area contributed by atoms with Crippen LogP contribution in [0.25, 0.3) is 0 Å². The quantitative estimate of drug-likeness (QED) is 0.333. The Balaban J connectivity index is 2.06. The van der Waals surface area contributed by atoms with E-state index in [1.54, 1.807) is 4.90 Å². The van der Waals surface area contributed by atoms with Crippen molar-refractivity contribution in [2.75, 3.05) is 40.6 Å². The first-order valence-electron chi connectivity index (χ1n) is 10.4. The van der Waals surface area contributed by atoms with Gasteiger partial charge in [-0.15, -0.1) is 0 Å². The second-order valence-electron chi connectivity index (χ2n) is 9.17. The number of likely N-dealkylation sites (N-methyl/N-ethyl adjacent to an activating group) is 1. The number of benzene rings is 1. The summed E-state index contributed by atoms with van der Waals surface area (Å²) in [6, 6.07) is 10.3. The maximum atomic E-state index is 12.6. The first-order chi connectivity index (χ1) is 14.1. The van der Waals surface area contributed by atoms with Gasteiger partial charge in [0.15, 0.2) is 0 Å². The van der Waals surface area contributed by atoms with Crippen LogP contribution in [0.4, 0.5) is 4.79 Å². The van der Waals surface area contributed by atoms with Crippen molar-refractivity contribution in [3.63, 3.8) is 0 Å². The van der Waals surface area contributed by atoms with Gasteiger partial charge in [-0.3, -0.25) is 4.79 Å². The molecule has 9 heteroatoms. The highest BCUT2D eigenvalue weighted by atomic mass is 28.3. The summed E-state index contributed by atoms with van der Waals surface area (Å²) in [5.74, 6) is -0.191. The Bertz CT molecular complexity index is 681. The topological polar surface area (TPSA) is 83.1 Å². The van der Waals surface area contributed by atoms with E-state index in [0.717, 1.165) is 11.6 Å². The van der Waals surface area contributed by atoms with E-state index in [-0.39, 0.29) is 31.8 Å². The molecule has 1 aliphatic heterocycles. The molecule has 0 unspecified atom stereocenters. The summed E-state index contributed by atoms with van der Waals surface area (Å²) in [7, 11) is 2.45. The maximum Gasteiger partial charge on any atom is 0.333 e. The molecule has 0 radical (unpaired) electrons. The van der Waals surface area contributed by atoms with Crippen LogP contribution in [-0.4, -0.2) is 82.7 Å². The number of hydrogen-bond donors (Lipinski definition) is 2. The van der Waals surface area contributed by atoms with Crippen molar-refractivity contribution in [2.24, 2.45) is 0 Å². The predicted molar refractivity (Wildman–Crippen MR) is 120 cm³/mol. The summed E-state index contributed by atoms with van der Waals surface area (Å²) in [5, 5.41) is 4.29. The lowest BCUT2D eigenvalue weighted by atomic mass is 10.0. The lowest BCUT2D eigenvalue weighted by molar-refractivity contribution is -0.140. The Kier molecular flexibility index (Phi) is 9.28. The Morgan fingerprint density at radius 1 is 1.23 bits per heavy atom. The van der Waals surface area contributed by atoms with Crippen molar-refractivity contribution >= 4 is 20.0 Å². The molecular formula is C21H36N4O4Si. The number of ether oxygens (including phenoxy) is 2. The van der Waals surface area contributed by atoms with E-state index in [4.69, 9.17) is 9.47 Å². The Labute approximate surface area is 180 Å². The van der Waals surface area contributed by atoms with E-state index in [9.17, 15) is 9.59 Å². The molecule has 1 saturated heterocycles. The Morgan fingerprint density at radius 3 is 2.57 bits per heavy atom. The molecule has 2 rings (SSSR count). The normalized spacial score (nSPS) is 19.9. The second-order valence-corrected chi connectivity index (χ2v) is 14.8. The second kappa shape index (κ2) is 11.4. The minimum absolute atomic E-state index is 0.131. The third kappa shape index (κ3) is 8.82. The molecule has 0 aromatic heterocycles. The number of carbonyl (C=O) groups excluding carboxylic acids is 2. The summed E-state index contributed by atoms with van der Waals surface area (Å²) in [6.07, 6.45) is 0.200. The van der Waals surface area contributed by atoms with Crippen LogP contribution in [0.1, 0.15) is 5.56 Å². The molecule has 168 valence electrons. The zero-order valence-corrected chi connectivity index (χ0v) is 19.8. The molecule has 2 N–H and O–H groups in total. The van der Waals surface area contributed by atoms with Gasteiger partial charge in [-0.25, -0.2) is 15.2 Å². The SMILES string of the molecule is CN(C)CC(=O)N1C[C@@H](OCOCC[Si](C)(C)C)[C@@H](Cc2ccccc2)NC(=O)N1. The Morgan fingerprint density at radius 2 is 1.93 bits per heavy atom. The van der Waals surface area contributed by atoms with E-state index in [2.05, 4.69) is 30.4 Å². The first kappa shape index (κ1) is 24.3. The van der Waals surface area contributed by atoms with E-state index < -0.39 is 20.2 Å². The van der Waals surface area contributed by atoms with Crippen LogP contribution < -0.4 is 10.7 Å². The van der Waals surface area contributed by atoms with Crippen LogP contribution in [0.15, 0.2) is 30.3 Å². The lowest BCUT2D eigenvalue weighted by Crippen LogP contribution is -2.51. The van der Waals surface area contributed by atoms with Gasteiger partial charge in [0.1, 0.15) is 12.9 Å². The highest BCUT2D eigenvalue weighted by Gasteiger charge is 2.33. The van der Waals surface area contributed by atoms with Crippen molar-refractivity contribution in [3.05, 3.63) is 35.9 Å². The first-order valence-corrected chi connectivity index (χ1v) is 14.1. The molecule has 1 heterocycles. The molecule has 2 atom stereocenters. The van der Waals surface area contributed by atoms with Gasteiger partial charge >= 0.3 is 6.03 Å². The largest absolute Gasteiger partial charge is 0.356 e. The van der Waals surface area contributed by atoms with Crippen molar-refractivity contribution in [1.29, 1.82) is 0 Å². The van der Waals surface area contributed by atoms with Gasteiger partial charge in [0.25, 0.3) is 5.91 Å². The maximum absolute atomic E-state index is 12.6. The summed E-state index contributed by atoms with van der Waals surface area (Å²) >= 11 is 0. The van der Waals surface area contributed by atoms with Crippen LogP contribution in [0, 0.1) is 0 Å². The summed E-state index contributed by atoms with van der Waals surface area (Å²) in [6.45, 7) is 8.13. The number of rotatable bonds is 10. The zero-order valence-electron chi connectivity index (χ0n) is 18.8. The van der Waals surface area contributed by atoms with Crippen molar-refractivity contribution < 1.29 is 19.1 Å². The van der Waals surface area contributed by atoms with Crippen LogP contribution in [0.5, 0.6) is 0 Å². The number of hydrazine groups is 1. The smallest absolute Gasteiger partial charge is 0.333 e. The van der Waals surface area contributed by atoms with Crippen LogP contribution in [0.3, 0.4) is 0 Å². The van der Waals surface area contributed by atoms with Crippen molar-refractivity contribution in [1.82, 2.24) is 20.7 Å². The number of hydrogen-bond acceptors (Lipinski definition) is 5. The highest BCUT2D eigenvalue weighted by Crippen LogP contribution is 2.14. The van der Waals surface area contributed by atoms with Crippen LogP contribution in [0.2, 0.25) is 25.7 Å². The number of amides is 3. The van der Waals surface area contributed by atoms with Gasteiger partial charge in [-0.1, -0.05) is 50.0 Å². The molecule has 30 heavy (non-hydrogen) atoms. The molecule has 1 aromatic rings. The van der Waals surface area contributed by atoms with E-state index >= 15 is 0 Å². The standard InChI is InChI=1S/C21H36N4O4Si/c1-24(2)15-20(26)25-14-19(29-16-28-11-12-30(3,4)5)18(22-21(27)23-25)13-17-9-7-6-8-10-17/h6-10,18-19H,11-16H2,1-5H3,(H2,22,23,27)/t18-,19-/m1/s1. The Hall–Kier alpha value is -1.94. The minimum atomic E-state index is -1.18. The van der Waals surface area contributed by atoms with Crippen molar-refractivity contribution in [3.8, 4) is 0 Å². The van der Waals surface area contributed by atoms with Crippen LogP contribution in [-0.2, 0) is 20.7 Å². The summed E-state index contributed by atoms with van der Waals surface area (Å²) in [4.78, 5) is 26.7. The zero-order chi connectivity index (χ0) is 22.1. The predicted octanol–water partition coefficient (Wildman–Crippen LogP) is 1.91. The van der Waals surface area contributed by atoms with E-state index in [1.807, 2.05) is 44.4 Å². The fourth-order valence-corrected chi connectivity index (χ4v) is 3.84. The van der Waals surface area contributed by atoms with Gasteiger partial charge in [-0.2, -0.15) is 0 Å². The average Bonchev–Trinajstić information content (AvgIpc) is 2.79. The lowest BCUT2D eigenvalue weighted by Gasteiger charge is -2.28.